The predicted molar refractivity (Wildman–Crippen MR) is 79.6 cm³/mol. The first-order chi connectivity index (χ1) is 9.81. The van der Waals surface area contributed by atoms with Crippen LogP contribution in [-0.4, -0.2) is 43.5 Å². The van der Waals surface area contributed by atoms with Gasteiger partial charge in [-0.25, -0.2) is 0 Å². The lowest BCUT2D eigenvalue weighted by molar-refractivity contribution is -0.127. The molecule has 2 unspecified atom stereocenters. The van der Waals surface area contributed by atoms with E-state index in [0.29, 0.717) is 6.04 Å². The van der Waals surface area contributed by atoms with Gasteiger partial charge >= 0.3 is 0 Å². The Morgan fingerprint density at radius 2 is 2.25 bits per heavy atom. The third-order valence-corrected chi connectivity index (χ3v) is 4.57. The molecule has 0 aromatic heterocycles. The second-order valence-corrected chi connectivity index (χ2v) is 5.68. The van der Waals surface area contributed by atoms with Crippen molar-refractivity contribution in [2.45, 2.75) is 31.3 Å². The second kappa shape index (κ2) is 5.94. The van der Waals surface area contributed by atoms with Gasteiger partial charge in [0.05, 0.1) is 0 Å². The number of carbonyl (C=O) groups excluding carboxylic acids is 1. The summed E-state index contributed by atoms with van der Waals surface area (Å²) in [6.07, 6.45) is 3.54. The van der Waals surface area contributed by atoms with Crippen molar-refractivity contribution in [3.63, 3.8) is 0 Å². The van der Waals surface area contributed by atoms with E-state index < -0.39 is 0 Å². The fourth-order valence-corrected chi connectivity index (χ4v) is 3.58. The summed E-state index contributed by atoms with van der Waals surface area (Å²) in [7, 11) is 1.73. The van der Waals surface area contributed by atoms with Crippen molar-refractivity contribution < 1.29 is 4.79 Å². The molecule has 3 rings (SSSR count). The molecule has 1 aromatic rings. The van der Waals surface area contributed by atoms with Crippen molar-refractivity contribution in [1.29, 1.82) is 0 Å². The number of rotatable bonds is 2. The Hall–Kier alpha value is -1.39. The number of piperazine rings is 1. The molecular formula is C16H23N3O. The molecule has 0 saturated carbocycles. The van der Waals surface area contributed by atoms with Crippen LogP contribution < -0.4 is 10.6 Å². The van der Waals surface area contributed by atoms with Crippen LogP contribution in [0.3, 0.4) is 0 Å². The molecule has 2 aliphatic rings. The highest BCUT2D eigenvalue weighted by atomic mass is 16.2. The van der Waals surface area contributed by atoms with Crippen molar-refractivity contribution in [2.24, 2.45) is 0 Å². The third kappa shape index (κ3) is 2.45. The minimum atomic E-state index is -0.0510. The lowest BCUT2D eigenvalue weighted by Gasteiger charge is -2.42. The first-order valence-corrected chi connectivity index (χ1v) is 7.57. The van der Waals surface area contributed by atoms with Crippen LogP contribution in [0.4, 0.5) is 0 Å². The zero-order valence-corrected chi connectivity index (χ0v) is 12.1. The lowest BCUT2D eigenvalue weighted by Crippen LogP contribution is -2.58. The van der Waals surface area contributed by atoms with E-state index in [1.807, 2.05) is 0 Å². The minimum Gasteiger partial charge on any atom is -0.358 e. The molecule has 0 bridgehead atoms. The van der Waals surface area contributed by atoms with Crippen molar-refractivity contribution in [3.05, 3.63) is 35.4 Å². The Morgan fingerprint density at radius 3 is 3.10 bits per heavy atom. The average molecular weight is 273 g/mol. The predicted octanol–water partition coefficient (Wildman–Crippen LogP) is 1.08. The second-order valence-electron chi connectivity index (χ2n) is 5.68. The average Bonchev–Trinajstić information content (AvgIpc) is 2.53. The normalized spacial score (nSPS) is 26.9. The van der Waals surface area contributed by atoms with Gasteiger partial charge in [-0.1, -0.05) is 24.3 Å². The molecule has 108 valence electrons. The van der Waals surface area contributed by atoms with Gasteiger partial charge in [0, 0.05) is 32.7 Å². The van der Waals surface area contributed by atoms with E-state index in [2.05, 4.69) is 39.8 Å². The Kier molecular flexibility index (Phi) is 4.03. The molecule has 1 aliphatic heterocycles. The van der Waals surface area contributed by atoms with Gasteiger partial charge in [0.2, 0.25) is 5.91 Å². The molecule has 0 spiro atoms. The number of likely N-dealkylation sites (N-methyl/N-ethyl adjacent to an activating group) is 1. The zero-order chi connectivity index (χ0) is 13.9. The van der Waals surface area contributed by atoms with Crippen LogP contribution in [0.25, 0.3) is 0 Å². The van der Waals surface area contributed by atoms with E-state index in [0.717, 1.165) is 26.1 Å². The fraction of sp³-hybridized carbons (Fsp3) is 0.562. The van der Waals surface area contributed by atoms with Crippen LogP contribution >= 0.6 is 0 Å². The molecule has 20 heavy (non-hydrogen) atoms. The van der Waals surface area contributed by atoms with Crippen molar-refractivity contribution in [3.8, 4) is 0 Å². The topological polar surface area (TPSA) is 44.4 Å². The van der Waals surface area contributed by atoms with Crippen LogP contribution in [0.1, 0.15) is 30.0 Å². The molecule has 2 atom stereocenters. The summed E-state index contributed by atoms with van der Waals surface area (Å²) in [6, 6.07) is 9.05. The van der Waals surface area contributed by atoms with E-state index in [9.17, 15) is 4.79 Å². The van der Waals surface area contributed by atoms with Gasteiger partial charge in [0.25, 0.3) is 0 Å². The summed E-state index contributed by atoms with van der Waals surface area (Å²) in [5.41, 5.74) is 2.88. The van der Waals surface area contributed by atoms with Crippen LogP contribution in [0.2, 0.25) is 0 Å². The van der Waals surface area contributed by atoms with E-state index >= 15 is 0 Å². The van der Waals surface area contributed by atoms with Gasteiger partial charge in [-0.05, 0) is 30.4 Å². The Labute approximate surface area is 120 Å². The van der Waals surface area contributed by atoms with Gasteiger partial charge in [-0.15, -0.1) is 0 Å². The van der Waals surface area contributed by atoms with Crippen molar-refractivity contribution >= 4 is 5.91 Å². The number of carbonyl (C=O) groups is 1. The summed E-state index contributed by atoms with van der Waals surface area (Å²) in [6.45, 7) is 2.65. The van der Waals surface area contributed by atoms with Crippen LogP contribution in [0.15, 0.2) is 24.3 Å². The quantitative estimate of drug-likeness (QED) is 0.847. The number of aryl methyl sites for hydroxylation is 1. The largest absolute Gasteiger partial charge is 0.358 e. The zero-order valence-electron chi connectivity index (χ0n) is 12.1. The monoisotopic (exact) mass is 273 g/mol. The third-order valence-electron chi connectivity index (χ3n) is 4.57. The summed E-state index contributed by atoms with van der Waals surface area (Å²) in [5.74, 6) is 0.125. The van der Waals surface area contributed by atoms with Crippen LogP contribution in [0.5, 0.6) is 0 Å². The van der Waals surface area contributed by atoms with E-state index in [1.54, 1.807) is 7.05 Å². The highest BCUT2D eigenvalue weighted by Gasteiger charge is 2.35. The molecule has 4 heteroatoms. The fourth-order valence-electron chi connectivity index (χ4n) is 3.58. The Balaban J connectivity index is 1.89. The van der Waals surface area contributed by atoms with Gasteiger partial charge in [-0.2, -0.15) is 0 Å². The molecule has 1 heterocycles. The molecule has 0 radical (unpaired) electrons. The van der Waals surface area contributed by atoms with E-state index in [1.165, 1.54) is 24.0 Å². The molecule has 4 nitrogen and oxygen atoms in total. The first kappa shape index (κ1) is 13.6. The molecule has 1 aromatic carbocycles. The van der Waals surface area contributed by atoms with E-state index in [4.69, 9.17) is 0 Å². The summed E-state index contributed by atoms with van der Waals surface area (Å²) in [5, 5.41) is 6.15. The highest BCUT2D eigenvalue weighted by Crippen LogP contribution is 2.35. The van der Waals surface area contributed by atoms with Gasteiger partial charge in [0.1, 0.15) is 6.04 Å². The number of nitrogens with one attached hydrogen (secondary N) is 2. The molecule has 1 saturated heterocycles. The van der Waals surface area contributed by atoms with E-state index in [-0.39, 0.29) is 11.9 Å². The van der Waals surface area contributed by atoms with Crippen LogP contribution in [0, 0.1) is 0 Å². The molecular weight excluding hydrogens is 250 g/mol. The molecule has 1 amide bonds. The van der Waals surface area contributed by atoms with Gasteiger partial charge < -0.3 is 10.6 Å². The Morgan fingerprint density at radius 1 is 1.40 bits per heavy atom. The number of hydrogen-bond acceptors (Lipinski definition) is 3. The lowest BCUT2D eigenvalue weighted by atomic mass is 9.85. The number of nitrogens with zero attached hydrogens (tertiary/aromatic N) is 1. The summed E-state index contributed by atoms with van der Waals surface area (Å²) >= 11 is 0. The molecule has 1 aliphatic carbocycles. The standard InChI is InChI=1S/C16H23N3O/c1-17-16(20)15-11-18-9-10-19(15)14-8-4-6-12-5-2-3-7-13(12)14/h2-3,5,7,14-15,18H,4,6,8-11H2,1H3,(H,17,20). The maximum Gasteiger partial charge on any atom is 0.238 e. The maximum atomic E-state index is 12.1. The van der Waals surface area contributed by atoms with Gasteiger partial charge in [0.15, 0.2) is 0 Å². The van der Waals surface area contributed by atoms with Crippen molar-refractivity contribution in [2.75, 3.05) is 26.7 Å². The summed E-state index contributed by atoms with van der Waals surface area (Å²) < 4.78 is 0. The maximum absolute atomic E-state index is 12.1. The minimum absolute atomic E-state index is 0.0510. The van der Waals surface area contributed by atoms with Crippen LogP contribution in [-0.2, 0) is 11.2 Å². The molecule has 2 N–H and O–H groups in total. The molecule has 1 fully saturated rings. The smallest absolute Gasteiger partial charge is 0.238 e. The van der Waals surface area contributed by atoms with Crippen molar-refractivity contribution in [1.82, 2.24) is 15.5 Å². The number of amides is 1. The number of benzene rings is 1. The Bertz CT molecular complexity index is 488. The number of hydrogen-bond donors (Lipinski definition) is 2. The highest BCUT2D eigenvalue weighted by molar-refractivity contribution is 5.82. The SMILES string of the molecule is CNC(=O)C1CNCCN1C1CCCc2ccccc21. The van der Waals surface area contributed by atoms with Gasteiger partial charge in [-0.3, -0.25) is 9.69 Å². The summed E-state index contributed by atoms with van der Waals surface area (Å²) in [4.78, 5) is 14.5. The first-order valence-electron chi connectivity index (χ1n) is 7.57. The number of fused-ring (bicyclic) bond motifs is 1.